The van der Waals surface area contributed by atoms with Crippen molar-refractivity contribution in [2.24, 2.45) is 0 Å². The van der Waals surface area contributed by atoms with Crippen LogP contribution in [0.4, 0.5) is 0 Å². The fraction of sp³-hybridized carbons (Fsp3) is 0.231. The van der Waals surface area contributed by atoms with Gasteiger partial charge in [0.1, 0.15) is 5.56 Å². The summed E-state index contributed by atoms with van der Waals surface area (Å²) in [6.45, 7) is 2.30. The highest BCUT2D eigenvalue weighted by atomic mass is 16.5. The van der Waals surface area contributed by atoms with Gasteiger partial charge in [-0.05, 0) is 19.1 Å². The summed E-state index contributed by atoms with van der Waals surface area (Å²) in [6, 6.07) is 9.29. The maximum absolute atomic E-state index is 11.6. The first-order valence-electron chi connectivity index (χ1n) is 5.37. The zero-order valence-electron chi connectivity index (χ0n) is 9.77. The molecule has 0 unspecified atom stereocenters. The summed E-state index contributed by atoms with van der Waals surface area (Å²) in [5.41, 5.74) is 1.15. The first-order chi connectivity index (χ1) is 8.26. The van der Waals surface area contributed by atoms with Crippen LogP contribution in [0.1, 0.15) is 17.3 Å². The highest BCUT2D eigenvalue weighted by molar-refractivity contribution is 5.96. The Morgan fingerprint density at radius 3 is 2.82 bits per heavy atom. The maximum atomic E-state index is 11.6. The summed E-state index contributed by atoms with van der Waals surface area (Å²) in [7, 11) is 1.34. The van der Waals surface area contributed by atoms with Crippen molar-refractivity contribution < 1.29 is 14.3 Å². The third-order valence-electron chi connectivity index (χ3n) is 2.38. The van der Waals surface area contributed by atoms with Crippen LogP contribution in [-0.2, 0) is 4.74 Å². The van der Waals surface area contributed by atoms with Crippen molar-refractivity contribution in [3.63, 3.8) is 0 Å². The van der Waals surface area contributed by atoms with E-state index in [-0.39, 0.29) is 0 Å². The Morgan fingerprint density at radius 1 is 1.35 bits per heavy atom. The molecule has 1 aromatic heterocycles. The lowest BCUT2D eigenvalue weighted by Crippen LogP contribution is -2.07. The van der Waals surface area contributed by atoms with Crippen LogP contribution < -0.4 is 4.74 Å². The minimum Gasteiger partial charge on any atom is -0.477 e. The molecule has 17 heavy (non-hydrogen) atoms. The molecule has 0 radical (unpaired) electrons. The van der Waals surface area contributed by atoms with Gasteiger partial charge in [0.25, 0.3) is 0 Å². The quantitative estimate of drug-likeness (QED) is 0.761. The molecule has 0 atom stereocenters. The van der Waals surface area contributed by atoms with Crippen molar-refractivity contribution in [2.75, 3.05) is 13.7 Å². The van der Waals surface area contributed by atoms with Gasteiger partial charge in [-0.2, -0.15) is 0 Å². The largest absolute Gasteiger partial charge is 0.477 e. The standard InChI is InChI=1S/C13H13NO3/c1-3-17-12-10(13(15)16-2)8-9-6-4-5-7-11(9)14-12/h4-8H,3H2,1-2H3. The minimum atomic E-state index is -0.438. The first kappa shape index (κ1) is 11.4. The van der Waals surface area contributed by atoms with Gasteiger partial charge in [0.05, 0.1) is 19.2 Å². The number of aromatic nitrogens is 1. The molecule has 1 heterocycles. The lowest BCUT2D eigenvalue weighted by atomic mass is 10.1. The molecule has 4 nitrogen and oxygen atoms in total. The van der Waals surface area contributed by atoms with Gasteiger partial charge in [-0.25, -0.2) is 9.78 Å². The summed E-state index contributed by atoms with van der Waals surface area (Å²) in [5, 5.41) is 0.886. The number of carbonyl (C=O) groups excluding carboxylic acids is 1. The molecule has 2 aromatic rings. The number of pyridine rings is 1. The van der Waals surface area contributed by atoms with E-state index in [2.05, 4.69) is 4.98 Å². The molecule has 88 valence electrons. The number of nitrogens with zero attached hydrogens (tertiary/aromatic N) is 1. The molecule has 0 N–H and O–H groups in total. The Hall–Kier alpha value is -2.10. The number of ether oxygens (including phenoxy) is 2. The summed E-state index contributed by atoms with van der Waals surface area (Å²) in [6.07, 6.45) is 0. The number of benzene rings is 1. The van der Waals surface area contributed by atoms with Gasteiger partial charge in [0, 0.05) is 5.39 Å². The zero-order chi connectivity index (χ0) is 12.3. The van der Waals surface area contributed by atoms with Crippen LogP contribution in [0.2, 0.25) is 0 Å². The van der Waals surface area contributed by atoms with Crippen LogP contribution >= 0.6 is 0 Å². The third-order valence-corrected chi connectivity index (χ3v) is 2.38. The van der Waals surface area contributed by atoms with Gasteiger partial charge >= 0.3 is 5.97 Å². The Bertz CT molecular complexity index is 551. The van der Waals surface area contributed by atoms with Gasteiger partial charge in [0.15, 0.2) is 0 Å². The normalized spacial score (nSPS) is 10.2. The average molecular weight is 231 g/mol. The van der Waals surface area contributed by atoms with E-state index < -0.39 is 5.97 Å². The van der Waals surface area contributed by atoms with Gasteiger partial charge in [-0.15, -0.1) is 0 Å². The summed E-state index contributed by atoms with van der Waals surface area (Å²) in [5.74, 6) is -0.121. The highest BCUT2D eigenvalue weighted by Crippen LogP contribution is 2.22. The van der Waals surface area contributed by atoms with Crippen LogP contribution in [0.5, 0.6) is 5.88 Å². The van der Waals surface area contributed by atoms with Crippen molar-refractivity contribution in [3.8, 4) is 5.88 Å². The van der Waals surface area contributed by atoms with E-state index in [9.17, 15) is 4.79 Å². The van der Waals surface area contributed by atoms with Gasteiger partial charge in [-0.3, -0.25) is 0 Å². The molecule has 0 fully saturated rings. The Balaban J connectivity index is 2.61. The molecule has 1 aromatic carbocycles. The molecule has 0 aliphatic heterocycles. The Morgan fingerprint density at radius 2 is 2.12 bits per heavy atom. The molecule has 0 saturated heterocycles. The van der Waals surface area contributed by atoms with Crippen molar-refractivity contribution in [1.29, 1.82) is 0 Å². The number of hydrogen-bond acceptors (Lipinski definition) is 4. The lowest BCUT2D eigenvalue weighted by molar-refractivity contribution is 0.0595. The number of rotatable bonds is 3. The predicted octanol–water partition coefficient (Wildman–Crippen LogP) is 2.42. The predicted molar refractivity (Wildman–Crippen MR) is 64.3 cm³/mol. The molecule has 0 amide bonds. The molecular formula is C13H13NO3. The Labute approximate surface area is 99.2 Å². The van der Waals surface area contributed by atoms with E-state index in [0.717, 1.165) is 10.9 Å². The summed E-state index contributed by atoms with van der Waals surface area (Å²) in [4.78, 5) is 15.9. The molecule has 0 bridgehead atoms. The Kier molecular flexibility index (Phi) is 3.23. The van der Waals surface area contributed by atoms with E-state index in [1.54, 1.807) is 6.07 Å². The van der Waals surface area contributed by atoms with Gasteiger partial charge < -0.3 is 9.47 Å². The van der Waals surface area contributed by atoms with E-state index in [1.807, 2.05) is 31.2 Å². The third kappa shape index (κ3) is 2.20. The first-order valence-corrected chi connectivity index (χ1v) is 5.37. The number of fused-ring (bicyclic) bond motifs is 1. The molecule has 0 aliphatic carbocycles. The maximum Gasteiger partial charge on any atom is 0.343 e. The fourth-order valence-electron chi connectivity index (χ4n) is 1.60. The second kappa shape index (κ2) is 4.82. The SMILES string of the molecule is CCOc1nc2ccccc2cc1C(=O)OC. The molecule has 0 aliphatic rings. The van der Waals surface area contributed by atoms with Crippen LogP contribution in [0.3, 0.4) is 0 Å². The highest BCUT2D eigenvalue weighted by Gasteiger charge is 2.15. The zero-order valence-corrected chi connectivity index (χ0v) is 9.77. The second-order valence-corrected chi connectivity index (χ2v) is 3.46. The van der Waals surface area contributed by atoms with Crippen LogP contribution in [-0.4, -0.2) is 24.7 Å². The van der Waals surface area contributed by atoms with Crippen LogP contribution in [0.15, 0.2) is 30.3 Å². The van der Waals surface area contributed by atoms with Crippen molar-refractivity contribution in [1.82, 2.24) is 4.98 Å². The van der Waals surface area contributed by atoms with Crippen molar-refractivity contribution in [2.45, 2.75) is 6.92 Å². The lowest BCUT2D eigenvalue weighted by Gasteiger charge is -2.08. The van der Waals surface area contributed by atoms with Crippen molar-refractivity contribution >= 4 is 16.9 Å². The molecule has 0 saturated carbocycles. The molecule has 2 rings (SSSR count). The fourth-order valence-corrected chi connectivity index (χ4v) is 1.60. The van der Waals surface area contributed by atoms with E-state index in [4.69, 9.17) is 9.47 Å². The number of hydrogen-bond donors (Lipinski definition) is 0. The van der Waals surface area contributed by atoms with Gasteiger partial charge in [0.2, 0.25) is 5.88 Å². The topological polar surface area (TPSA) is 48.4 Å². The second-order valence-electron chi connectivity index (χ2n) is 3.46. The summed E-state index contributed by atoms with van der Waals surface area (Å²) < 4.78 is 10.1. The summed E-state index contributed by atoms with van der Waals surface area (Å²) >= 11 is 0. The van der Waals surface area contributed by atoms with E-state index in [0.29, 0.717) is 18.1 Å². The number of methoxy groups -OCH3 is 1. The van der Waals surface area contributed by atoms with Crippen molar-refractivity contribution in [3.05, 3.63) is 35.9 Å². The van der Waals surface area contributed by atoms with E-state index >= 15 is 0 Å². The smallest absolute Gasteiger partial charge is 0.343 e. The molecular weight excluding hydrogens is 218 g/mol. The minimum absolute atomic E-state index is 0.318. The number of esters is 1. The van der Waals surface area contributed by atoms with Crippen LogP contribution in [0.25, 0.3) is 10.9 Å². The van der Waals surface area contributed by atoms with Crippen LogP contribution in [0, 0.1) is 0 Å². The molecule has 0 spiro atoms. The monoisotopic (exact) mass is 231 g/mol. The molecule has 4 heteroatoms. The number of para-hydroxylation sites is 1. The van der Waals surface area contributed by atoms with Gasteiger partial charge in [-0.1, -0.05) is 18.2 Å². The van der Waals surface area contributed by atoms with E-state index in [1.165, 1.54) is 7.11 Å². The average Bonchev–Trinajstić information content (AvgIpc) is 2.37. The number of carbonyl (C=O) groups is 1.